The largest absolute Gasteiger partial charge is 0.493 e. The van der Waals surface area contributed by atoms with Gasteiger partial charge in [-0.1, -0.05) is 0 Å². The zero-order valence-electron chi connectivity index (χ0n) is 7.63. The van der Waals surface area contributed by atoms with E-state index in [0.29, 0.717) is 24.3 Å². The van der Waals surface area contributed by atoms with Crippen LogP contribution in [0, 0.1) is 15.9 Å². The van der Waals surface area contributed by atoms with Crippen molar-refractivity contribution in [3.05, 3.63) is 32.0 Å². The third kappa shape index (κ3) is 1.69. The van der Waals surface area contributed by atoms with Gasteiger partial charge in [0, 0.05) is 11.6 Å². The van der Waals surface area contributed by atoms with Crippen molar-refractivity contribution in [2.24, 2.45) is 0 Å². The number of nitrogens with zero attached hydrogens (tertiary/aromatic N) is 1. The highest BCUT2D eigenvalue weighted by Crippen LogP contribution is 2.39. The van der Waals surface area contributed by atoms with Crippen LogP contribution < -0.4 is 4.74 Å². The zero-order chi connectivity index (χ0) is 11.0. The number of hydrogen-bond acceptors (Lipinski definition) is 3. The molecule has 6 heteroatoms. The van der Waals surface area contributed by atoms with Crippen molar-refractivity contribution in [3.63, 3.8) is 0 Å². The normalized spacial score (nSPS) is 14.3. The van der Waals surface area contributed by atoms with Gasteiger partial charge in [-0.3, -0.25) is 10.1 Å². The quantitative estimate of drug-likeness (QED) is 0.585. The van der Waals surface area contributed by atoms with Gasteiger partial charge in [-0.05, 0) is 28.8 Å². The molecule has 0 N–H and O–H groups in total. The van der Waals surface area contributed by atoms with E-state index >= 15 is 0 Å². The van der Waals surface area contributed by atoms with Gasteiger partial charge in [0.05, 0.1) is 11.5 Å². The molecule has 4 nitrogen and oxygen atoms in total. The summed E-state index contributed by atoms with van der Waals surface area (Å²) in [7, 11) is 0. The van der Waals surface area contributed by atoms with Crippen molar-refractivity contribution in [1.82, 2.24) is 0 Å². The molecule has 0 spiro atoms. The molecule has 1 aliphatic rings. The second kappa shape index (κ2) is 3.77. The first-order valence-electron chi connectivity index (χ1n) is 4.39. The predicted octanol–water partition coefficient (Wildman–Crippen LogP) is 2.82. The molecule has 1 aromatic carbocycles. The smallest absolute Gasteiger partial charge is 0.319 e. The number of ether oxygens (including phenoxy) is 1. The van der Waals surface area contributed by atoms with E-state index in [9.17, 15) is 14.5 Å². The van der Waals surface area contributed by atoms with Gasteiger partial charge in [-0.15, -0.1) is 0 Å². The minimum Gasteiger partial charge on any atom is -0.493 e. The van der Waals surface area contributed by atoms with E-state index in [1.807, 2.05) is 0 Å². The number of benzene rings is 1. The first-order valence-corrected chi connectivity index (χ1v) is 5.18. The van der Waals surface area contributed by atoms with Crippen LogP contribution in [0.4, 0.5) is 10.1 Å². The van der Waals surface area contributed by atoms with Gasteiger partial charge in [0.2, 0.25) is 5.82 Å². The van der Waals surface area contributed by atoms with Gasteiger partial charge in [-0.2, -0.15) is 4.39 Å². The van der Waals surface area contributed by atoms with Gasteiger partial charge in [0.1, 0.15) is 10.2 Å². The van der Waals surface area contributed by atoms with Gasteiger partial charge >= 0.3 is 5.69 Å². The number of nitro groups is 1. The lowest BCUT2D eigenvalue weighted by molar-refractivity contribution is -0.388. The molecule has 0 saturated heterocycles. The van der Waals surface area contributed by atoms with E-state index in [2.05, 4.69) is 15.9 Å². The lowest BCUT2D eigenvalue weighted by Gasteiger charge is -2.18. The van der Waals surface area contributed by atoms with Crippen LogP contribution in [-0.4, -0.2) is 11.5 Å². The van der Waals surface area contributed by atoms with E-state index in [4.69, 9.17) is 4.74 Å². The summed E-state index contributed by atoms with van der Waals surface area (Å²) in [6.07, 6.45) is 1.45. The Bertz CT molecular complexity index is 436. The SMILES string of the molecule is O=[N+]([O-])c1c(F)cc2c(c1Br)CCCO2. The maximum Gasteiger partial charge on any atom is 0.319 e. The van der Waals surface area contributed by atoms with Crippen LogP contribution in [0.5, 0.6) is 5.75 Å². The molecule has 0 unspecified atom stereocenters. The molecule has 1 heterocycles. The highest BCUT2D eigenvalue weighted by Gasteiger charge is 2.27. The molecule has 0 fully saturated rings. The third-order valence-electron chi connectivity index (χ3n) is 2.27. The van der Waals surface area contributed by atoms with E-state index < -0.39 is 16.4 Å². The molecule has 2 rings (SSSR count). The summed E-state index contributed by atoms with van der Waals surface area (Å²) in [6, 6.07) is 1.08. The topological polar surface area (TPSA) is 52.4 Å². The Balaban J connectivity index is 2.64. The summed E-state index contributed by atoms with van der Waals surface area (Å²) in [5, 5.41) is 10.6. The molecule has 15 heavy (non-hydrogen) atoms. The minimum atomic E-state index is -0.868. The van der Waals surface area contributed by atoms with Gasteiger partial charge in [0.15, 0.2) is 0 Å². The van der Waals surface area contributed by atoms with E-state index in [1.54, 1.807) is 0 Å². The predicted molar refractivity (Wildman–Crippen MR) is 54.6 cm³/mol. The molecule has 0 atom stereocenters. The fraction of sp³-hybridized carbons (Fsp3) is 0.333. The molecular formula is C9H7BrFNO3. The van der Waals surface area contributed by atoms with Crippen molar-refractivity contribution in [2.75, 3.05) is 6.61 Å². The van der Waals surface area contributed by atoms with E-state index in [-0.39, 0.29) is 4.47 Å². The highest BCUT2D eigenvalue weighted by atomic mass is 79.9. The maximum absolute atomic E-state index is 13.3. The Morgan fingerprint density at radius 1 is 1.60 bits per heavy atom. The average molecular weight is 276 g/mol. The van der Waals surface area contributed by atoms with Crippen molar-refractivity contribution < 1.29 is 14.1 Å². The summed E-state index contributed by atoms with van der Waals surface area (Å²) < 4.78 is 18.8. The molecule has 1 aromatic rings. The average Bonchev–Trinajstić information content (AvgIpc) is 2.17. The van der Waals surface area contributed by atoms with Gasteiger partial charge in [0.25, 0.3) is 0 Å². The Morgan fingerprint density at radius 2 is 2.33 bits per heavy atom. The van der Waals surface area contributed by atoms with Crippen LogP contribution in [0.2, 0.25) is 0 Å². The minimum absolute atomic E-state index is 0.196. The summed E-state index contributed by atoms with van der Waals surface area (Å²) in [5.41, 5.74) is 0.161. The summed E-state index contributed by atoms with van der Waals surface area (Å²) >= 11 is 3.06. The molecule has 0 radical (unpaired) electrons. The Kier molecular flexibility index (Phi) is 2.60. The molecule has 80 valence electrons. The monoisotopic (exact) mass is 275 g/mol. The van der Waals surface area contributed by atoms with Crippen molar-refractivity contribution >= 4 is 21.6 Å². The van der Waals surface area contributed by atoms with Crippen LogP contribution in [0.25, 0.3) is 0 Å². The molecule has 0 saturated carbocycles. The van der Waals surface area contributed by atoms with Gasteiger partial charge in [-0.25, -0.2) is 0 Å². The van der Waals surface area contributed by atoms with Crippen LogP contribution in [0.1, 0.15) is 12.0 Å². The zero-order valence-corrected chi connectivity index (χ0v) is 9.21. The number of halogens is 2. The summed E-state index contributed by atoms with van der Waals surface area (Å²) in [6.45, 7) is 0.524. The molecule has 0 amide bonds. The fourth-order valence-corrected chi connectivity index (χ4v) is 2.31. The number of fused-ring (bicyclic) bond motifs is 1. The molecule has 0 aromatic heterocycles. The first-order chi connectivity index (χ1) is 7.11. The third-order valence-corrected chi connectivity index (χ3v) is 3.12. The maximum atomic E-state index is 13.3. The Morgan fingerprint density at radius 3 is 3.00 bits per heavy atom. The highest BCUT2D eigenvalue weighted by molar-refractivity contribution is 9.10. The Hall–Kier alpha value is -1.17. The fourth-order valence-electron chi connectivity index (χ4n) is 1.59. The van der Waals surface area contributed by atoms with Crippen LogP contribution in [0.3, 0.4) is 0 Å². The van der Waals surface area contributed by atoms with Crippen LogP contribution in [-0.2, 0) is 6.42 Å². The second-order valence-corrected chi connectivity index (χ2v) is 4.00. The number of nitro benzene ring substituents is 1. The van der Waals surface area contributed by atoms with Crippen molar-refractivity contribution in [1.29, 1.82) is 0 Å². The summed E-state index contributed by atoms with van der Waals surface area (Å²) in [4.78, 5) is 9.90. The number of rotatable bonds is 1. The molecule has 0 bridgehead atoms. The lowest BCUT2D eigenvalue weighted by atomic mass is 10.1. The van der Waals surface area contributed by atoms with Crippen molar-refractivity contribution in [3.8, 4) is 5.75 Å². The van der Waals surface area contributed by atoms with Crippen molar-refractivity contribution in [2.45, 2.75) is 12.8 Å². The van der Waals surface area contributed by atoms with Gasteiger partial charge < -0.3 is 4.74 Å². The first kappa shape index (κ1) is 10.4. The van der Waals surface area contributed by atoms with Crippen LogP contribution >= 0.6 is 15.9 Å². The van der Waals surface area contributed by atoms with E-state index in [1.165, 1.54) is 0 Å². The molecule has 0 aliphatic carbocycles. The second-order valence-electron chi connectivity index (χ2n) is 3.21. The molecular weight excluding hydrogens is 269 g/mol. The lowest BCUT2D eigenvalue weighted by Crippen LogP contribution is -2.10. The number of hydrogen-bond donors (Lipinski definition) is 0. The molecule has 1 aliphatic heterocycles. The van der Waals surface area contributed by atoms with Crippen LogP contribution in [0.15, 0.2) is 10.5 Å². The van der Waals surface area contributed by atoms with E-state index in [0.717, 1.165) is 12.5 Å². The summed E-state index contributed by atoms with van der Waals surface area (Å²) in [5.74, 6) is -0.469. The standard InChI is InChI=1S/C9H7BrFNO3/c10-8-5-2-1-3-15-7(5)4-6(11)9(8)12(13)14/h4H,1-3H2. The Labute approximate surface area is 93.3 Å².